The van der Waals surface area contributed by atoms with Crippen molar-refractivity contribution in [3.8, 4) is 0 Å². The molecule has 1 aliphatic heterocycles. The normalized spacial score (nSPS) is 15.2. The third-order valence-electron chi connectivity index (χ3n) is 4.18. The van der Waals surface area contributed by atoms with Crippen LogP contribution in [0.15, 0.2) is 23.6 Å². The second-order valence-corrected chi connectivity index (χ2v) is 7.04. The van der Waals surface area contributed by atoms with Crippen LogP contribution < -0.4 is 9.80 Å². The topological polar surface area (TPSA) is 58.0 Å². The highest BCUT2D eigenvalue weighted by molar-refractivity contribution is 7.98. The average Bonchev–Trinajstić information content (AvgIpc) is 2.62. The standard InChI is InChI=1S/C17H24N6S/c1-12(2)15-18-6-5-14(20-15)22-7-9-23(10-8-22)16-13(3)11-19-17(21-16)24-4/h5-6,11-12H,7-10H2,1-4H3. The Labute approximate surface area is 147 Å². The number of nitrogens with zero attached hydrogens (tertiary/aromatic N) is 6. The molecular formula is C17H24N6S. The third kappa shape index (κ3) is 3.61. The molecule has 6 nitrogen and oxygen atoms in total. The molecule has 0 radical (unpaired) electrons. The molecule has 0 unspecified atom stereocenters. The minimum absolute atomic E-state index is 0.347. The van der Waals surface area contributed by atoms with Crippen molar-refractivity contribution in [1.82, 2.24) is 19.9 Å². The van der Waals surface area contributed by atoms with Crippen molar-refractivity contribution in [3.05, 3.63) is 29.8 Å². The van der Waals surface area contributed by atoms with Crippen LogP contribution in [-0.4, -0.2) is 52.4 Å². The van der Waals surface area contributed by atoms with Gasteiger partial charge >= 0.3 is 0 Å². The molecule has 0 aromatic carbocycles. The Morgan fingerprint density at radius 2 is 1.75 bits per heavy atom. The van der Waals surface area contributed by atoms with Crippen LogP contribution in [-0.2, 0) is 0 Å². The minimum atomic E-state index is 0.347. The van der Waals surface area contributed by atoms with Crippen molar-refractivity contribution in [2.75, 3.05) is 42.2 Å². The minimum Gasteiger partial charge on any atom is -0.353 e. The highest BCUT2D eigenvalue weighted by atomic mass is 32.2. The van der Waals surface area contributed by atoms with Gasteiger partial charge in [0.05, 0.1) is 0 Å². The Balaban J connectivity index is 1.71. The quantitative estimate of drug-likeness (QED) is 0.624. The number of thioether (sulfide) groups is 1. The van der Waals surface area contributed by atoms with E-state index in [-0.39, 0.29) is 0 Å². The summed E-state index contributed by atoms with van der Waals surface area (Å²) < 4.78 is 0. The van der Waals surface area contributed by atoms with Crippen LogP contribution in [0.4, 0.5) is 11.6 Å². The van der Waals surface area contributed by atoms with E-state index in [2.05, 4.69) is 45.5 Å². The Bertz CT molecular complexity index is 697. The van der Waals surface area contributed by atoms with Crippen LogP contribution in [0.2, 0.25) is 0 Å². The van der Waals surface area contributed by atoms with Crippen molar-refractivity contribution in [2.24, 2.45) is 0 Å². The van der Waals surface area contributed by atoms with E-state index in [1.54, 1.807) is 11.8 Å². The number of aryl methyl sites for hydroxylation is 1. The van der Waals surface area contributed by atoms with Crippen molar-refractivity contribution in [2.45, 2.75) is 31.8 Å². The molecule has 0 spiro atoms. The van der Waals surface area contributed by atoms with Gasteiger partial charge in [0.1, 0.15) is 17.5 Å². The first kappa shape index (κ1) is 17.0. The van der Waals surface area contributed by atoms with Crippen molar-refractivity contribution >= 4 is 23.4 Å². The van der Waals surface area contributed by atoms with Crippen LogP contribution in [0.1, 0.15) is 31.2 Å². The summed E-state index contributed by atoms with van der Waals surface area (Å²) in [6.45, 7) is 10.1. The summed E-state index contributed by atoms with van der Waals surface area (Å²) in [5, 5.41) is 0.829. The van der Waals surface area contributed by atoms with Crippen molar-refractivity contribution in [3.63, 3.8) is 0 Å². The summed E-state index contributed by atoms with van der Waals surface area (Å²) in [4.78, 5) is 22.8. The molecule has 1 fully saturated rings. The van der Waals surface area contributed by atoms with Gasteiger partial charge in [-0.1, -0.05) is 25.6 Å². The van der Waals surface area contributed by atoms with E-state index in [0.29, 0.717) is 5.92 Å². The first-order valence-corrected chi connectivity index (χ1v) is 9.51. The van der Waals surface area contributed by atoms with E-state index in [9.17, 15) is 0 Å². The summed E-state index contributed by atoms with van der Waals surface area (Å²) in [6.07, 6.45) is 5.79. The number of hydrogen-bond acceptors (Lipinski definition) is 7. The van der Waals surface area contributed by atoms with Gasteiger partial charge in [0.2, 0.25) is 0 Å². The molecule has 0 atom stereocenters. The van der Waals surface area contributed by atoms with E-state index < -0.39 is 0 Å². The smallest absolute Gasteiger partial charge is 0.189 e. The van der Waals surface area contributed by atoms with E-state index in [1.807, 2.05) is 24.7 Å². The Morgan fingerprint density at radius 1 is 1.04 bits per heavy atom. The summed E-state index contributed by atoms with van der Waals surface area (Å²) in [5.41, 5.74) is 1.13. The molecule has 0 amide bonds. The first-order valence-electron chi connectivity index (χ1n) is 8.29. The number of aromatic nitrogens is 4. The van der Waals surface area contributed by atoms with Crippen LogP contribution in [0.25, 0.3) is 0 Å². The summed E-state index contributed by atoms with van der Waals surface area (Å²) in [7, 11) is 0. The molecule has 0 N–H and O–H groups in total. The fourth-order valence-electron chi connectivity index (χ4n) is 2.80. The lowest BCUT2D eigenvalue weighted by atomic mass is 10.2. The van der Waals surface area contributed by atoms with Gasteiger partial charge in [0.25, 0.3) is 0 Å². The summed E-state index contributed by atoms with van der Waals surface area (Å²) in [6, 6.07) is 2.00. The van der Waals surface area contributed by atoms with E-state index >= 15 is 0 Å². The Morgan fingerprint density at radius 3 is 2.42 bits per heavy atom. The number of anilines is 2. The molecule has 0 saturated carbocycles. The van der Waals surface area contributed by atoms with Gasteiger partial charge in [-0.05, 0) is 19.2 Å². The van der Waals surface area contributed by atoms with Crippen LogP contribution in [0, 0.1) is 6.92 Å². The van der Waals surface area contributed by atoms with Gasteiger partial charge in [-0.15, -0.1) is 0 Å². The van der Waals surface area contributed by atoms with Crippen LogP contribution in [0.3, 0.4) is 0 Å². The predicted octanol–water partition coefficient (Wildman–Crippen LogP) is 2.75. The molecule has 128 valence electrons. The van der Waals surface area contributed by atoms with E-state index in [1.165, 1.54) is 0 Å². The van der Waals surface area contributed by atoms with Gasteiger partial charge < -0.3 is 9.80 Å². The average molecular weight is 344 g/mol. The molecule has 0 aliphatic carbocycles. The molecule has 2 aromatic rings. The number of piperazine rings is 1. The molecular weight excluding hydrogens is 320 g/mol. The lowest BCUT2D eigenvalue weighted by Gasteiger charge is -2.36. The molecule has 2 aromatic heterocycles. The van der Waals surface area contributed by atoms with Crippen LogP contribution >= 0.6 is 11.8 Å². The second-order valence-electron chi connectivity index (χ2n) is 6.27. The molecule has 1 saturated heterocycles. The lowest BCUT2D eigenvalue weighted by molar-refractivity contribution is 0.631. The molecule has 3 heterocycles. The highest BCUT2D eigenvalue weighted by Crippen LogP contribution is 2.23. The monoisotopic (exact) mass is 344 g/mol. The van der Waals surface area contributed by atoms with E-state index in [0.717, 1.165) is 54.4 Å². The fraction of sp³-hybridized carbons (Fsp3) is 0.529. The molecule has 3 rings (SSSR count). The molecule has 1 aliphatic rings. The number of hydrogen-bond donors (Lipinski definition) is 0. The number of rotatable bonds is 4. The zero-order valence-corrected chi connectivity index (χ0v) is 15.5. The zero-order chi connectivity index (χ0) is 17.1. The van der Waals surface area contributed by atoms with Gasteiger partial charge in [-0.2, -0.15) is 0 Å². The third-order valence-corrected chi connectivity index (χ3v) is 4.75. The lowest BCUT2D eigenvalue weighted by Crippen LogP contribution is -2.47. The largest absolute Gasteiger partial charge is 0.353 e. The SMILES string of the molecule is CSc1ncc(C)c(N2CCN(c3ccnc(C(C)C)n3)CC2)n1. The highest BCUT2D eigenvalue weighted by Gasteiger charge is 2.21. The fourth-order valence-corrected chi connectivity index (χ4v) is 3.14. The van der Waals surface area contributed by atoms with Gasteiger partial charge in [0.15, 0.2) is 5.16 Å². The maximum Gasteiger partial charge on any atom is 0.189 e. The predicted molar refractivity (Wildman–Crippen MR) is 99.1 cm³/mol. The van der Waals surface area contributed by atoms with Gasteiger partial charge in [0, 0.05) is 50.1 Å². The van der Waals surface area contributed by atoms with Crippen LogP contribution in [0.5, 0.6) is 0 Å². The Kier molecular flexibility index (Phi) is 5.18. The van der Waals surface area contributed by atoms with Gasteiger partial charge in [-0.3, -0.25) is 0 Å². The molecule has 0 bridgehead atoms. The van der Waals surface area contributed by atoms with E-state index in [4.69, 9.17) is 4.98 Å². The molecule has 24 heavy (non-hydrogen) atoms. The molecule has 7 heteroatoms. The zero-order valence-electron chi connectivity index (χ0n) is 14.7. The maximum atomic E-state index is 4.71. The van der Waals surface area contributed by atoms with Crippen molar-refractivity contribution in [1.29, 1.82) is 0 Å². The first-order chi connectivity index (χ1) is 11.6. The second kappa shape index (κ2) is 7.34. The maximum absolute atomic E-state index is 4.71. The summed E-state index contributed by atoms with van der Waals surface area (Å²) in [5.74, 6) is 3.34. The Hall–Kier alpha value is -1.89. The summed E-state index contributed by atoms with van der Waals surface area (Å²) >= 11 is 1.58. The van der Waals surface area contributed by atoms with Gasteiger partial charge in [-0.25, -0.2) is 19.9 Å². The van der Waals surface area contributed by atoms with Crippen molar-refractivity contribution < 1.29 is 0 Å².